The maximum Gasteiger partial charge on any atom is 0.337 e. The number of aldehydes is 1. The summed E-state index contributed by atoms with van der Waals surface area (Å²) in [4.78, 5) is 21.5. The molecule has 15 heavy (non-hydrogen) atoms. The van der Waals surface area contributed by atoms with Crippen LogP contribution in [0.3, 0.4) is 0 Å². The van der Waals surface area contributed by atoms with Crippen molar-refractivity contribution in [2.45, 2.75) is 0 Å². The molecule has 0 aromatic heterocycles. The number of nitriles is 1. The van der Waals surface area contributed by atoms with Crippen LogP contribution < -0.4 is 0 Å². The highest BCUT2D eigenvalue weighted by molar-refractivity contribution is 5.92. The Morgan fingerprint density at radius 3 is 2.73 bits per heavy atom. The summed E-state index contributed by atoms with van der Waals surface area (Å²) < 4.78 is 17.6. The van der Waals surface area contributed by atoms with Crippen LogP contribution in [0.25, 0.3) is 0 Å². The first kappa shape index (κ1) is 10.9. The third kappa shape index (κ3) is 1.99. The molecule has 0 heterocycles. The fourth-order valence-corrected chi connectivity index (χ4v) is 1.05. The molecule has 0 spiro atoms. The minimum absolute atomic E-state index is 0.0300. The van der Waals surface area contributed by atoms with E-state index < -0.39 is 11.8 Å². The molecule has 0 aliphatic rings. The molecule has 5 heteroatoms. The lowest BCUT2D eigenvalue weighted by molar-refractivity contribution is 0.0600. The zero-order valence-corrected chi connectivity index (χ0v) is 7.78. The molecule has 0 atom stereocenters. The molecule has 4 nitrogen and oxygen atoms in total. The van der Waals surface area contributed by atoms with Crippen molar-refractivity contribution in [3.05, 3.63) is 34.6 Å². The highest BCUT2D eigenvalue weighted by atomic mass is 19.1. The zero-order valence-electron chi connectivity index (χ0n) is 7.78. The first-order valence-electron chi connectivity index (χ1n) is 3.91. The third-order valence-electron chi connectivity index (χ3n) is 1.77. The molecule has 0 saturated carbocycles. The minimum Gasteiger partial charge on any atom is -0.465 e. The number of rotatable bonds is 2. The normalized spacial score (nSPS) is 9.13. The molecule has 1 aromatic rings. The van der Waals surface area contributed by atoms with Gasteiger partial charge < -0.3 is 4.74 Å². The molecular formula is C10H6FNO3. The van der Waals surface area contributed by atoms with Crippen molar-refractivity contribution >= 4 is 12.3 Å². The van der Waals surface area contributed by atoms with E-state index in [1.165, 1.54) is 0 Å². The van der Waals surface area contributed by atoms with Crippen molar-refractivity contribution in [3.63, 3.8) is 0 Å². The lowest BCUT2D eigenvalue weighted by atomic mass is 10.1. The van der Waals surface area contributed by atoms with E-state index in [4.69, 9.17) is 5.26 Å². The van der Waals surface area contributed by atoms with Crippen molar-refractivity contribution in [1.29, 1.82) is 5.26 Å². The molecule has 0 amide bonds. The summed E-state index contributed by atoms with van der Waals surface area (Å²) >= 11 is 0. The number of halogens is 1. The van der Waals surface area contributed by atoms with Gasteiger partial charge in [0, 0.05) is 0 Å². The Labute approximate surface area is 84.9 Å². The maximum absolute atomic E-state index is 13.2. The van der Waals surface area contributed by atoms with E-state index in [-0.39, 0.29) is 23.0 Å². The van der Waals surface area contributed by atoms with Crippen molar-refractivity contribution in [2.24, 2.45) is 0 Å². The zero-order chi connectivity index (χ0) is 11.4. The monoisotopic (exact) mass is 207 g/mol. The standard InChI is InChI=1S/C10H6FNO3/c1-15-10(14)6-2-7(4-12)9(11)8(3-6)5-13/h2-3,5H,1H3. The maximum atomic E-state index is 13.2. The van der Waals surface area contributed by atoms with Gasteiger partial charge >= 0.3 is 5.97 Å². The van der Waals surface area contributed by atoms with Crippen LogP contribution in [0.15, 0.2) is 12.1 Å². The van der Waals surface area contributed by atoms with Crippen LogP contribution in [0, 0.1) is 17.1 Å². The minimum atomic E-state index is -0.930. The van der Waals surface area contributed by atoms with Crippen LogP contribution in [0.4, 0.5) is 4.39 Å². The van der Waals surface area contributed by atoms with E-state index in [2.05, 4.69) is 4.74 Å². The van der Waals surface area contributed by atoms with Crippen LogP contribution in [-0.2, 0) is 4.74 Å². The number of ether oxygens (including phenoxy) is 1. The van der Waals surface area contributed by atoms with Gasteiger partial charge in [-0.1, -0.05) is 0 Å². The Morgan fingerprint density at radius 1 is 1.60 bits per heavy atom. The van der Waals surface area contributed by atoms with E-state index >= 15 is 0 Å². The number of hydrogen-bond donors (Lipinski definition) is 0. The van der Waals surface area contributed by atoms with E-state index in [1.54, 1.807) is 6.07 Å². The molecule has 0 fully saturated rings. The van der Waals surface area contributed by atoms with Crippen molar-refractivity contribution in [3.8, 4) is 6.07 Å². The summed E-state index contributed by atoms with van der Waals surface area (Å²) in [6.07, 6.45) is 0.239. The van der Waals surface area contributed by atoms with Crippen LogP contribution in [0.5, 0.6) is 0 Å². The van der Waals surface area contributed by atoms with E-state index in [0.717, 1.165) is 19.2 Å². The molecule has 1 aromatic carbocycles. The fourth-order valence-electron chi connectivity index (χ4n) is 1.05. The van der Waals surface area contributed by atoms with Gasteiger partial charge in [-0.25, -0.2) is 9.18 Å². The van der Waals surface area contributed by atoms with Crippen LogP contribution in [-0.4, -0.2) is 19.4 Å². The van der Waals surface area contributed by atoms with Crippen LogP contribution in [0.2, 0.25) is 0 Å². The molecule has 0 unspecified atom stereocenters. The second kappa shape index (κ2) is 4.33. The smallest absolute Gasteiger partial charge is 0.337 e. The van der Waals surface area contributed by atoms with Gasteiger partial charge in [0.2, 0.25) is 0 Å². The summed E-state index contributed by atoms with van der Waals surface area (Å²) in [7, 11) is 1.15. The topological polar surface area (TPSA) is 67.2 Å². The number of methoxy groups -OCH3 is 1. The fraction of sp³-hybridized carbons (Fsp3) is 0.100. The van der Waals surface area contributed by atoms with Crippen molar-refractivity contribution < 1.29 is 18.7 Å². The summed E-state index contributed by atoms with van der Waals surface area (Å²) in [6.45, 7) is 0. The number of esters is 1. The lowest BCUT2D eigenvalue weighted by Gasteiger charge is -2.02. The van der Waals surface area contributed by atoms with Gasteiger partial charge in [-0.2, -0.15) is 5.26 Å². The molecule has 0 aliphatic carbocycles. The number of carbonyl (C=O) groups excluding carboxylic acids is 2. The summed E-state index contributed by atoms with van der Waals surface area (Å²) in [5.41, 5.74) is -0.730. The molecule has 0 radical (unpaired) electrons. The Balaban J connectivity index is 3.41. The Bertz CT molecular complexity index is 462. The molecule has 0 aliphatic heterocycles. The SMILES string of the molecule is COC(=O)c1cc(C#N)c(F)c(C=O)c1. The number of hydrogen-bond acceptors (Lipinski definition) is 4. The molecule has 76 valence electrons. The molecule has 0 N–H and O–H groups in total. The first-order valence-corrected chi connectivity index (χ1v) is 3.91. The van der Waals surface area contributed by atoms with Crippen molar-refractivity contribution in [2.75, 3.05) is 7.11 Å². The van der Waals surface area contributed by atoms with Gasteiger partial charge in [0.15, 0.2) is 12.1 Å². The van der Waals surface area contributed by atoms with Crippen LogP contribution >= 0.6 is 0 Å². The largest absolute Gasteiger partial charge is 0.465 e. The van der Waals surface area contributed by atoms with Gasteiger partial charge in [0.05, 0.1) is 23.8 Å². The lowest BCUT2D eigenvalue weighted by Crippen LogP contribution is -2.04. The quantitative estimate of drug-likeness (QED) is 0.541. The predicted octanol–water partition coefficient (Wildman–Crippen LogP) is 1.30. The van der Waals surface area contributed by atoms with Gasteiger partial charge in [0.25, 0.3) is 0 Å². The van der Waals surface area contributed by atoms with E-state index in [1.807, 2.05) is 0 Å². The second-order valence-electron chi connectivity index (χ2n) is 2.65. The van der Waals surface area contributed by atoms with E-state index in [0.29, 0.717) is 0 Å². The van der Waals surface area contributed by atoms with E-state index in [9.17, 15) is 14.0 Å². The highest BCUT2D eigenvalue weighted by Crippen LogP contribution is 2.14. The third-order valence-corrected chi connectivity index (χ3v) is 1.77. The molecule has 0 saturated heterocycles. The number of nitrogens with zero attached hydrogens (tertiary/aromatic N) is 1. The number of benzene rings is 1. The second-order valence-corrected chi connectivity index (χ2v) is 2.65. The highest BCUT2D eigenvalue weighted by Gasteiger charge is 2.14. The predicted molar refractivity (Wildman–Crippen MR) is 47.8 cm³/mol. The van der Waals surface area contributed by atoms with Gasteiger partial charge in [-0.3, -0.25) is 4.79 Å². The summed E-state index contributed by atoms with van der Waals surface area (Å²) in [5.74, 6) is -1.66. The Morgan fingerprint density at radius 2 is 2.27 bits per heavy atom. The van der Waals surface area contributed by atoms with Crippen molar-refractivity contribution in [1.82, 2.24) is 0 Å². The van der Waals surface area contributed by atoms with Gasteiger partial charge in [0.1, 0.15) is 6.07 Å². The molecule has 0 bridgehead atoms. The molecule has 1 rings (SSSR count). The first-order chi connectivity index (χ1) is 7.13. The molecular weight excluding hydrogens is 201 g/mol. The summed E-state index contributed by atoms with van der Waals surface area (Å²) in [6, 6.07) is 3.62. The average molecular weight is 207 g/mol. The van der Waals surface area contributed by atoms with Crippen LogP contribution in [0.1, 0.15) is 26.3 Å². The van der Waals surface area contributed by atoms with Gasteiger partial charge in [-0.05, 0) is 12.1 Å². The summed E-state index contributed by atoms with van der Waals surface area (Å²) in [5, 5.41) is 8.56. The Hall–Kier alpha value is -2.22. The number of carbonyl (C=O) groups is 2. The Kier molecular flexibility index (Phi) is 3.13. The average Bonchev–Trinajstić information content (AvgIpc) is 2.28. The van der Waals surface area contributed by atoms with Gasteiger partial charge in [-0.15, -0.1) is 0 Å².